The normalized spacial score (nSPS) is 24.7. The van der Waals surface area contributed by atoms with E-state index in [0.717, 1.165) is 31.9 Å². The number of benzene rings is 1. The third-order valence-electron chi connectivity index (χ3n) is 6.27. The van der Waals surface area contributed by atoms with E-state index in [1.165, 1.54) is 12.1 Å². The van der Waals surface area contributed by atoms with E-state index in [9.17, 15) is 18.0 Å². The molecule has 1 aromatic rings. The molecule has 3 fully saturated rings. The van der Waals surface area contributed by atoms with Crippen molar-refractivity contribution in [1.29, 1.82) is 0 Å². The fraction of sp³-hybridized carbons (Fsp3) is 0.636. The summed E-state index contributed by atoms with van der Waals surface area (Å²) in [6.45, 7) is 4.89. The van der Waals surface area contributed by atoms with Crippen molar-refractivity contribution in [3.05, 3.63) is 23.8 Å². The highest BCUT2D eigenvalue weighted by molar-refractivity contribution is 7.90. The molecule has 0 radical (unpaired) electrons. The molecule has 0 aromatic heterocycles. The molecule has 2 aliphatic heterocycles. The Morgan fingerprint density at radius 2 is 1.90 bits per heavy atom. The maximum Gasteiger partial charge on any atom is 0.257 e. The van der Waals surface area contributed by atoms with Crippen LogP contribution in [-0.2, 0) is 14.6 Å². The van der Waals surface area contributed by atoms with Gasteiger partial charge in [-0.15, -0.1) is 0 Å². The number of hydrogen-bond acceptors (Lipinski definition) is 5. The minimum absolute atomic E-state index is 0.111. The monoisotopic (exact) mass is 434 g/mol. The molecule has 7 nitrogen and oxygen atoms in total. The molecule has 2 amide bonds. The molecular weight excluding hydrogens is 404 g/mol. The van der Waals surface area contributed by atoms with Crippen molar-refractivity contribution >= 4 is 21.7 Å². The van der Waals surface area contributed by atoms with Gasteiger partial charge in [-0.3, -0.25) is 9.59 Å². The summed E-state index contributed by atoms with van der Waals surface area (Å²) in [5, 5.41) is 0. The molecule has 1 saturated carbocycles. The number of hydrogen-bond donors (Lipinski definition) is 0. The molecule has 0 N–H and O–H groups in total. The molecule has 2 heterocycles. The van der Waals surface area contributed by atoms with E-state index in [1.54, 1.807) is 11.0 Å². The summed E-state index contributed by atoms with van der Waals surface area (Å²) >= 11 is 0. The van der Waals surface area contributed by atoms with Crippen molar-refractivity contribution < 1.29 is 22.7 Å². The van der Waals surface area contributed by atoms with Crippen LogP contribution < -0.4 is 4.74 Å². The van der Waals surface area contributed by atoms with E-state index >= 15 is 0 Å². The van der Waals surface area contributed by atoms with Gasteiger partial charge in [0.25, 0.3) is 5.91 Å². The van der Waals surface area contributed by atoms with Gasteiger partial charge in [-0.05, 0) is 63.6 Å². The molecule has 2 atom stereocenters. The first-order valence-electron chi connectivity index (χ1n) is 10.8. The van der Waals surface area contributed by atoms with Crippen LogP contribution in [0.5, 0.6) is 5.75 Å². The van der Waals surface area contributed by atoms with Crippen molar-refractivity contribution in [2.24, 2.45) is 5.92 Å². The van der Waals surface area contributed by atoms with Gasteiger partial charge in [0.05, 0.1) is 16.6 Å². The lowest BCUT2D eigenvalue weighted by atomic mass is 9.83. The summed E-state index contributed by atoms with van der Waals surface area (Å²) in [7, 11) is -3.44. The number of sulfone groups is 1. The lowest BCUT2D eigenvalue weighted by Crippen LogP contribution is -2.57. The molecular formula is C22H30N2O5S. The molecule has 8 heteroatoms. The highest BCUT2D eigenvalue weighted by atomic mass is 32.2. The zero-order chi connectivity index (χ0) is 21.6. The molecule has 4 rings (SSSR count). The predicted molar refractivity (Wildman–Crippen MR) is 112 cm³/mol. The van der Waals surface area contributed by atoms with Gasteiger partial charge in [0.15, 0.2) is 9.84 Å². The van der Waals surface area contributed by atoms with Gasteiger partial charge in [-0.25, -0.2) is 8.42 Å². The predicted octanol–water partition coefficient (Wildman–Crippen LogP) is 2.49. The van der Waals surface area contributed by atoms with Crippen LogP contribution in [0.3, 0.4) is 0 Å². The Morgan fingerprint density at radius 3 is 2.53 bits per heavy atom. The highest BCUT2D eigenvalue weighted by Crippen LogP contribution is 2.39. The summed E-state index contributed by atoms with van der Waals surface area (Å²) in [6.07, 6.45) is 5.29. The SMILES string of the molecule is CC(C)Oc1ccc(S(C)(=O)=O)cc1C(=O)N1CC[C@H]2[C@H](CCC(=O)N2C2CC2)C1. The minimum Gasteiger partial charge on any atom is -0.490 e. The lowest BCUT2D eigenvalue weighted by molar-refractivity contribution is -0.141. The van der Waals surface area contributed by atoms with Crippen LogP contribution >= 0.6 is 0 Å². The molecule has 1 aliphatic carbocycles. The minimum atomic E-state index is -3.44. The molecule has 0 bridgehead atoms. The zero-order valence-corrected chi connectivity index (χ0v) is 18.7. The highest BCUT2D eigenvalue weighted by Gasteiger charge is 2.46. The van der Waals surface area contributed by atoms with Gasteiger partial charge in [0, 0.05) is 37.8 Å². The second kappa shape index (κ2) is 7.87. The number of carbonyl (C=O) groups is 2. The summed E-state index contributed by atoms with van der Waals surface area (Å²) in [4.78, 5) is 29.8. The number of likely N-dealkylation sites (tertiary alicyclic amines) is 2. The largest absolute Gasteiger partial charge is 0.490 e. The number of amides is 2. The van der Waals surface area contributed by atoms with Crippen LogP contribution in [0.15, 0.2) is 23.1 Å². The van der Waals surface area contributed by atoms with Gasteiger partial charge in [-0.1, -0.05) is 0 Å². The molecule has 0 spiro atoms. The van der Waals surface area contributed by atoms with E-state index < -0.39 is 9.84 Å². The summed E-state index contributed by atoms with van der Waals surface area (Å²) in [5.41, 5.74) is 0.288. The van der Waals surface area contributed by atoms with Crippen LogP contribution in [-0.4, -0.2) is 67.6 Å². The zero-order valence-electron chi connectivity index (χ0n) is 17.8. The number of rotatable bonds is 5. The van der Waals surface area contributed by atoms with E-state index in [2.05, 4.69) is 4.90 Å². The summed E-state index contributed by atoms with van der Waals surface area (Å²) < 4.78 is 29.9. The third kappa shape index (κ3) is 4.19. The smallest absolute Gasteiger partial charge is 0.257 e. The van der Waals surface area contributed by atoms with Crippen LogP contribution in [0.1, 0.15) is 56.3 Å². The van der Waals surface area contributed by atoms with Crippen LogP contribution in [0.4, 0.5) is 0 Å². The maximum absolute atomic E-state index is 13.4. The van der Waals surface area contributed by atoms with Crippen LogP contribution in [0, 0.1) is 5.92 Å². The fourth-order valence-electron chi connectivity index (χ4n) is 4.74. The van der Waals surface area contributed by atoms with E-state index in [0.29, 0.717) is 31.3 Å². The van der Waals surface area contributed by atoms with E-state index in [4.69, 9.17) is 4.74 Å². The number of ether oxygens (including phenoxy) is 1. The van der Waals surface area contributed by atoms with Gasteiger partial charge in [0.1, 0.15) is 5.75 Å². The molecule has 2 saturated heterocycles. The average Bonchev–Trinajstić information content (AvgIpc) is 3.51. The Bertz CT molecular complexity index is 954. The van der Waals surface area contributed by atoms with Crippen molar-refractivity contribution in [1.82, 2.24) is 9.80 Å². The van der Waals surface area contributed by atoms with E-state index in [-0.39, 0.29) is 40.3 Å². The molecule has 3 aliphatic rings. The van der Waals surface area contributed by atoms with Crippen LogP contribution in [0.25, 0.3) is 0 Å². The fourth-order valence-corrected chi connectivity index (χ4v) is 5.39. The average molecular weight is 435 g/mol. The van der Waals surface area contributed by atoms with Crippen molar-refractivity contribution in [2.75, 3.05) is 19.3 Å². The van der Waals surface area contributed by atoms with Gasteiger partial charge >= 0.3 is 0 Å². The molecule has 0 unspecified atom stereocenters. The number of piperidine rings is 2. The Hall–Kier alpha value is -2.09. The first kappa shape index (κ1) is 21.2. The molecule has 30 heavy (non-hydrogen) atoms. The topological polar surface area (TPSA) is 84.0 Å². The van der Waals surface area contributed by atoms with Crippen LogP contribution in [0.2, 0.25) is 0 Å². The molecule has 1 aromatic carbocycles. The van der Waals surface area contributed by atoms with Gasteiger partial charge in [-0.2, -0.15) is 0 Å². The standard InChI is InChI=1S/C22H30N2O5S/c1-14(2)29-20-8-7-17(30(3,27)28)12-18(20)22(26)23-11-10-19-15(13-23)4-9-21(25)24(19)16-5-6-16/h7-8,12,14-16,19H,4-6,9-11,13H2,1-3H3/t15-,19+/m1/s1. The maximum atomic E-state index is 13.4. The molecule has 164 valence electrons. The summed E-state index contributed by atoms with van der Waals surface area (Å²) in [6, 6.07) is 5.10. The Morgan fingerprint density at radius 1 is 1.17 bits per heavy atom. The first-order chi connectivity index (χ1) is 14.1. The number of nitrogens with zero attached hydrogens (tertiary/aromatic N) is 2. The number of carbonyl (C=O) groups excluding carboxylic acids is 2. The Balaban J connectivity index is 1.58. The quantitative estimate of drug-likeness (QED) is 0.711. The van der Waals surface area contributed by atoms with Gasteiger partial charge in [0.2, 0.25) is 5.91 Å². The first-order valence-corrected chi connectivity index (χ1v) is 12.7. The Labute approximate surface area is 178 Å². The van der Waals surface area contributed by atoms with Crippen molar-refractivity contribution in [2.45, 2.75) is 69.0 Å². The second-order valence-corrected chi connectivity index (χ2v) is 11.1. The lowest BCUT2D eigenvalue weighted by Gasteiger charge is -2.47. The number of fused-ring (bicyclic) bond motifs is 1. The van der Waals surface area contributed by atoms with Crippen molar-refractivity contribution in [3.8, 4) is 5.75 Å². The Kier molecular flexibility index (Phi) is 5.55. The third-order valence-corrected chi connectivity index (χ3v) is 7.38. The second-order valence-electron chi connectivity index (χ2n) is 9.03. The van der Waals surface area contributed by atoms with E-state index in [1.807, 2.05) is 13.8 Å². The van der Waals surface area contributed by atoms with Gasteiger partial charge < -0.3 is 14.5 Å². The van der Waals surface area contributed by atoms with Crippen molar-refractivity contribution in [3.63, 3.8) is 0 Å². The summed E-state index contributed by atoms with van der Waals surface area (Å²) in [5.74, 6) is 0.730.